The van der Waals surface area contributed by atoms with Crippen LogP contribution in [0.25, 0.3) is 0 Å². The first-order chi connectivity index (χ1) is 13.8. The molecule has 29 heavy (non-hydrogen) atoms. The molecule has 2 heterocycles. The van der Waals surface area contributed by atoms with E-state index in [1.165, 1.54) is 23.9 Å². The zero-order valence-electron chi connectivity index (χ0n) is 17.4. The number of benzene rings is 1. The van der Waals surface area contributed by atoms with Crippen molar-refractivity contribution < 1.29 is 22.7 Å². The number of hydrogen-bond donors (Lipinski definition) is 1. The number of piperidine rings is 1. The number of nitrogens with zero attached hydrogens (tertiary/aromatic N) is 2. The Labute approximate surface area is 173 Å². The molecule has 2 fully saturated rings. The van der Waals surface area contributed by atoms with Crippen LogP contribution in [0, 0.1) is 11.8 Å². The molecule has 2 saturated heterocycles. The molecule has 0 saturated carbocycles. The molecule has 2 atom stereocenters. The molecular weight excluding hydrogens is 394 g/mol. The number of sulfonamides is 1. The highest BCUT2D eigenvalue weighted by Gasteiger charge is 2.30. The monoisotopic (exact) mass is 425 g/mol. The van der Waals surface area contributed by atoms with Crippen LogP contribution in [0.5, 0.6) is 5.75 Å². The van der Waals surface area contributed by atoms with Crippen LogP contribution in [0.3, 0.4) is 0 Å². The average molecular weight is 426 g/mol. The van der Waals surface area contributed by atoms with E-state index < -0.39 is 10.0 Å². The van der Waals surface area contributed by atoms with E-state index in [2.05, 4.69) is 24.1 Å². The molecule has 2 aliphatic heterocycles. The van der Waals surface area contributed by atoms with E-state index >= 15 is 0 Å². The number of anilines is 1. The first-order valence-electron chi connectivity index (χ1n) is 10.1. The lowest BCUT2D eigenvalue weighted by Crippen LogP contribution is -2.42. The summed E-state index contributed by atoms with van der Waals surface area (Å²) in [6.45, 7) is 7.83. The zero-order valence-corrected chi connectivity index (χ0v) is 18.2. The van der Waals surface area contributed by atoms with Crippen LogP contribution in [0.1, 0.15) is 20.3 Å². The van der Waals surface area contributed by atoms with Crippen molar-refractivity contribution in [3.8, 4) is 5.75 Å². The van der Waals surface area contributed by atoms with Gasteiger partial charge in [0.05, 0.1) is 26.9 Å². The van der Waals surface area contributed by atoms with Crippen LogP contribution in [0.15, 0.2) is 23.1 Å². The van der Waals surface area contributed by atoms with Crippen LogP contribution in [-0.4, -0.2) is 76.6 Å². The molecule has 0 bridgehead atoms. The van der Waals surface area contributed by atoms with Gasteiger partial charge in [-0.25, -0.2) is 8.42 Å². The largest absolute Gasteiger partial charge is 0.495 e. The summed E-state index contributed by atoms with van der Waals surface area (Å²) in [6, 6.07) is 4.72. The summed E-state index contributed by atoms with van der Waals surface area (Å²) in [6.07, 6.45) is 1.18. The lowest BCUT2D eigenvalue weighted by Gasteiger charge is -2.34. The maximum absolute atomic E-state index is 13.1. The maximum atomic E-state index is 13.1. The second kappa shape index (κ2) is 9.42. The first kappa shape index (κ1) is 22.0. The summed E-state index contributed by atoms with van der Waals surface area (Å²) < 4.78 is 38.0. The van der Waals surface area contributed by atoms with E-state index in [1.54, 1.807) is 12.1 Å². The number of ether oxygens (including phenoxy) is 2. The number of morpholine rings is 1. The van der Waals surface area contributed by atoms with Crippen LogP contribution in [-0.2, 0) is 19.6 Å². The molecule has 1 aromatic rings. The van der Waals surface area contributed by atoms with E-state index in [-0.39, 0.29) is 16.6 Å². The van der Waals surface area contributed by atoms with Gasteiger partial charge in [0.25, 0.3) is 0 Å². The number of nitrogens with one attached hydrogen (secondary N) is 1. The molecule has 0 aromatic heterocycles. The van der Waals surface area contributed by atoms with Gasteiger partial charge in [0.2, 0.25) is 15.9 Å². The maximum Gasteiger partial charge on any atom is 0.246 e. The van der Waals surface area contributed by atoms with Crippen LogP contribution >= 0.6 is 0 Å². The Morgan fingerprint density at radius 3 is 2.48 bits per heavy atom. The molecule has 0 aliphatic carbocycles. The summed E-state index contributed by atoms with van der Waals surface area (Å²) in [7, 11) is -2.30. The van der Waals surface area contributed by atoms with Gasteiger partial charge in [-0.2, -0.15) is 4.31 Å². The van der Waals surface area contributed by atoms with Gasteiger partial charge in [-0.1, -0.05) is 13.8 Å². The molecule has 9 heteroatoms. The molecule has 2 aliphatic rings. The van der Waals surface area contributed by atoms with E-state index in [0.29, 0.717) is 50.4 Å². The second-order valence-corrected chi connectivity index (χ2v) is 9.98. The van der Waals surface area contributed by atoms with E-state index in [0.717, 1.165) is 13.1 Å². The van der Waals surface area contributed by atoms with Crippen molar-refractivity contribution >= 4 is 21.6 Å². The van der Waals surface area contributed by atoms with Gasteiger partial charge in [-0.3, -0.25) is 9.69 Å². The minimum Gasteiger partial charge on any atom is -0.495 e. The standard InChI is InChI=1S/C20H31N3O5S/c1-15-10-16(2)13-22(12-15)14-20(24)21-17-4-5-18(27-3)19(11-17)29(25,26)23-6-8-28-9-7-23/h4-5,11,15-16H,6-10,12-14H2,1-3H3,(H,21,24)/t15-,16-/m1/s1. The number of hydrogen-bond acceptors (Lipinski definition) is 6. The minimum atomic E-state index is -3.74. The number of rotatable bonds is 6. The molecule has 8 nitrogen and oxygen atoms in total. The third-order valence-electron chi connectivity index (χ3n) is 5.35. The number of carbonyl (C=O) groups is 1. The second-order valence-electron chi connectivity index (χ2n) is 8.07. The molecule has 3 rings (SSSR count). The van der Waals surface area contributed by atoms with Crippen molar-refractivity contribution in [2.75, 3.05) is 58.4 Å². The fourth-order valence-electron chi connectivity index (χ4n) is 4.21. The first-order valence-corrected chi connectivity index (χ1v) is 11.5. The number of amides is 1. The smallest absolute Gasteiger partial charge is 0.246 e. The van der Waals surface area contributed by atoms with Crippen molar-refractivity contribution in [3.05, 3.63) is 18.2 Å². The Balaban J connectivity index is 1.73. The minimum absolute atomic E-state index is 0.0555. The van der Waals surface area contributed by atoms with Crippen molar-refractivity contribution in [2.45, 2.75) is 25.2 Å². The molecule has 162 valence electrons. The van der Waals surface area contributed by atoms with Crippen LogP contribution < -0.4 is 10.1 Å². The fraction of sp³-hybridized carbons (Fsp3) is 0.650. The average Bonchev–Trinajstić information content (AvgIpc) is 2.67. The van der Waals surface area contributed by atoms with Crippen molar-refractivity contribution in [1.82, 2.24) is 9.21 Å². The van der Waals surface area contributed by atoms with E-state index in [4.69, 9.17) is 9.47 Å². The third-order valence-corrected chi connectivity index (χ3v) is 7.27. The van der Waals surface area contributed by atoms with Crippen molar-refractivity contribution in [3.63, 3.8) is 0 Å². The van der Waals surface area contributed by atoms with Crippen LogP contribution in [0.4, 0.5) is 5.69 Å². The van der Waals surface area contributed by atoms with Crippen molar-refractivity contribution in [1.29, 1.82) is 0 Å². The van der Waals surface area contributed by atoms with Gasteiger partial charge in [0, 0.05) is 31.9 Å². The number of methoxy groups -OCH3 is 1. The van der Waals surface area contributed by atoms with Gasteiger partial charge < -0.3 is 14.8 Å². The highest BCUT2D eigenvalue weighted by Crippen LogP contribution is 2.30. The molecule has 1 amide bonds. The summed E-state index contributed by atoms with van der Waals surface area (Å²) in [5, 5.41) is 2.84. The Morgan fingerprint density at radius 2 is 1.86 bits per heavy atom. The SMILES string of the molecule is COc1ccc(NC(=O)CN2C[C@H](C)C[C@@H](C)C2)cc1S(=O)(=O)N1CCOCC1. The highest BCUT2D eigenvalue weighted by atomic mass is 32.2. The zero-order chi connectivity index (χ0) is 21.0. The Morgan fingerprint density at radius 1 is 1.21 bits per heavy atom. The van der Waals surface area contributed by atoms with Crippen molar-refractivity contribution in [2.24, 2.45) is 11.8 Å². The van der Waals surface area contributed by atoms with Gasteiger partial charge >= 0.3 is 0 Å². The Hall–Kier alpha value is -1.68. The summed E-state index contributed by atoms with van der Waals surface area (Å²) >= 11 is 0. The Bertz CT molecular complexity index is 813. The summed E-state index contributed by atoms with van der Waals surface area (Å²) in [5.74, 6) is 1.25. The molecule has 0 spiro atoms. The molecule has 1 aromatic carbocycles. The van der Waals surface area contributed by atoms with Crippen LogP contribution in [0.2, 0.25) is 0 Å². The summed E-state index contributed by atoms with van der Waals surface area (Å²) in [5.41, 5.74) is 0.445. The molecule has 1 N–H and O–H groups in total. The number of carbonyl (C=O) groups excluding carboxylic acids is 1. The van der Waals surface area contributed by atoms with Gasteiger partial charge in [-0.15, -0.1) is 0 Å². The Kier molecular flexibility index (Phi) is 7.15. The predicted octanol–water partition coefficient (Wildman–Crippen LogP) is 1.63. The third kappa shape index (κ3) is 5.48. The normalized spacial score (nSPS) is 24.2. The quantitative estimate of drug-likeness (QED) is 0.745. The topological polar surface area (TPSA) is 88.2 Å². The highest BCUT2D eigenvalue weighted by molar-refractivity contribution is 7.89. The molecule has 0 unspecified atom stereocenters. The predicted molar refractivity (Wildman–Crippen MR) is 111 cm³/mol. The lowest BCUT2D eigenvalue weighted by atomic mass is 9.92. The van der Waals surface area contributed by atoms with Gasteiger partial charge in [-0.05, 0) is 36.5 Å². The van der Waals surface area contributed by atoms with E-state index in [1.807, 2.05) is 0 Å². The van der Waals surface area contributed by atoms with E-state index in [9.17, 15) is 13.2 Å². The van der Waals surface area contributed by atoms with Gasteiger partial charge in [0.15, 0.2) is 0 Å². The summed E-state index contributed by atoms with van der Waals surface area (Å²) in [4.78, 5) is 14.8. The number of likely N-dealkylation sites (tertiary alicyclic amines) is 1. The molecule has 0 radical (unpaired) electrons. The lowest BCUT2D eigenvalue weighted by molar-refractivity contribution is -0.117. The fourth-order valence-corrected chi connectivity index (χ4v) is 5.80. The molecular formula is C20H31N3O5S. The van der Waals surface area contributed by atoms with Gasteiger partial charge in [0.1, 0.15) is 10.6 Å².